The number of hydrogen-bond acceptors (Lipinski definition) is 4. The zero-order chi connectivity index (χ0) is 19.1. The van der Waals surface area contributed by atoms with Crippen LogP contribution in [0.1, 0.15) is 54.1 Å². The molecule has 0 aliphatic carbocycles. The standard InChI is InChI=1S/C16H18BrF3N4OS/c1-3-8(2)21-15(25)13-12(17)14-22-9(10-5-4-6-26-10)7-11(16(18,19)20)24(14)23-13/h4-6,8-9,11,22H,3,7H2,1-2H3,(H,21,25)/t8-,9-,11+/m0/s1. The van der Waals surface area contributed by atoms with Gasteiger partial charge in [-0.05, 0) is 40.7 Å². The number of hydrogen-bond donors (Lipinski definition) is 2. The first-order chi connectivity index (χ1) is 12.2. The summed E-state index contributed by atoms with van der Waals surface area (Å²) in [7, 11) is 0. The lowest BCUT2D eigenvalue weighted by molar-refractivity contribution is -0.173. The molecule has 3 atom stereocenters. The third-order valence-electron chi connectivity index (χ3n) is 4.39. The Kier molecular flexibility index (Phi) is 5.34. The Morgan fingerprint density at radius 1 is 1.58 bits per heavy atom. The van der Waals surface area contributed by atoms with Crippen molar-refractivity contribution in [3.63, 3.8) is 0 Å². The van der Waals surface area contributed by atoms with E-state index in [2.05, 4.69) is 31.7 Å². The van der Waals surface area contributed by atoms with Crippen molar-refractivity contribution >= 4 is 39.0 Å². The summed E-state index contributed by atoms with van der Waals surface area (Å²) in [6.07, 6.45) is -3.94. The Hall–Kier alpha value is -1.55. The van der Waals surface area contributed by atoms with Gasteiger partial charge in [-0.15, -0.1) is 11.3 Å². The van der Waals surface area contributed by atoms with Crippen molar-refractivity contribution in [3.05, 3.63) is 32.6 Å². The van der Waals surface area contributed by atoms with Gasteiger partial charge < -0.3 is 10.6 Å². The van der Waals surface area contributed by atoms with Crippen LogP contribution >= 0.6 is 27.3 Å². The maximum Gasteiger partial charge on any atom is 0.410 e. The van der Waals surface area contributed by atoms with Gasteiger partial charge in [0.25, 0.3) is 5.91 Å². The van der Waals surface area contributed by atoms with Gasteiger partial charge in [-0.25, -0.2) is 4.68 Å². The molecule has 142 valence electrons. The molecule has 2 aromatic heterocycles. The lowest BCUT2D eigenvalue weighted by Gasteiger charge is -2.33. The summed E-state index contributed by atoms with van der Waals surface area (Å²) in [6, 6.07) is 1.21. The second-order valence-corrected chi connectivity index (χ2v) is 8.02. The van der Waals surface area contributed by atoms with E-state index in [1.54, 1.807) is 12.1 Å². The molecule has 1 aliphatic rings. The zero-order valence-electron chi connectivity index (χ0n) is 14.1. The lowest BCUT2D eigenvalue weighted by Crippen LogP contribution is -2.36. The molecule has 26 heavy (non-hydrogen) atoms. The molecule has 3 rings (SSSR count). The largest absolute Gasteiger partial charge is 0.410 e. The molecule has 0 radical (unpaired) electrons. The average molecular weight is 451 g/mol. The van der Waals surface area contributed by atoms with Crippen LogP contribution in [0.5, 0.6) is 0 Å². The van der Waals surface area contributed by atoms with Gasteiger partial charge in [0.05, 0.1) is 10.5 Å². The predicted molar refractivity (Wildman–Crippen MR) is 97.5 cm³/mol. The van der Waals surface area contributed by atoms with Gasteiger partial charge >= 0.3 is 6.18 Å². The Balaban J connectivity index is 2.00. The minimum absolute atomic E-state index is 0.0473. The second-order valence-electron chi connectivity index (χ2n) is 6.24. The molecular weight excluding hydrogens is 433 g/mol. The molecule has 10 heteroatoms. The number of nitrogens with zero attached hydrogens (tertiary/aromatic N) is 2. The van der Waals surface area contributed by atoms with Gasteiger partial charge in [-0.3, -0.25) is 4.79 Å². The van der Waals surface area contributed by atoms with Gasteiger partial charge in [0.15, 0.2) is 11.7 Å². The first-order valence-corrected chi connectivity index (χ1v) is 9.85. The minimum atomic E-state index is -4.47. The molecule has 0 unspecified atom stereocenters. The summed E-state index contributed by atoms with van der Waals surface area (Å²) in [4.78, 5) is 13.2. The molecule has 5 nitrogen and oxygen atoms in total. The molecule has 3 heterocycles. The molecule has 2 N–H and O–H groups in total. The summed E-state index contributed by atoms with van der Waals surface area (Å²) in [6.45, 7) is 3.73. The zero-order valence-corrected chi connectivity index (χ0v) is 16.5. The fourth-order valence-corrected chi connectivity index (χ4v) is 4.15. The number of nitrogens with one attached hydrogen (secondary N) is 2. The number of rotatable bonds is 4. The van der Waals surface area contributed by atoms with E-state index >= 15 is 0 Å². The van der Waals surface area contributed by atoms with Crippen molar-refractivity contribution in [1.29, 1.82) is 0 Å². The first kappa shape index (κ1) is 19.2. The summed E-state index contributed by atoms with van der Waals surface area (Å²) < 4.78 is 42.0. The van der Waals surface area contributed by atoms with E-state index in [9.17, 15) is 18.0 Å². The van der Waals surface area contributed by atoms with Gasteiger partial charge in [-0.2, -0.15) is 18.3 Å². The van der Waals surface area contributed by atoms with Crippen LogP contribution in [0.15, 0.2) is 22.0 Å². The molecule has 1 aliphatic heterocycles. The molecule has 0 spiro atoms. The summed E-state index contributed by atoms with van der Waals surface area (Å²) in [5, 5.41) is 11.6. The van der Waals surface area contributed by atoms with E-state index in [1.165, 1.54) is 11.3 Å². The van der Waals surface area contributed by atoms with Crippen LogP contribution in [-0.4, -0.2) is 27.9 Å². The fraction of sp³-hybridized carbons (Fsp3) is 0.500. The van der Waals surface area contributed by atoms with Crippen molar-refractivity contribution < 1.29 is 18.0 Å². The molecule has 0 bridgehead atoms. The maximum atomic E-state index is 13.6. The minimum Gasteiger partial charge on any atom is -0.362 e. The Morgan fingerprint density at radius 2 is 2.31 bits per heavy atom. The highest BCUT2D eigenvalue weighted by Gasteiger charge is 2.48. The number of carbonyl (C=O) groups excluding carboxylic acids is 1. The number of amides is 1. The van der Waals surface area contributed by atoms with Crippen molar-refractivity contribution in [2.45, 2.75) is 51.0 Å². The summed E-state index contributed by atoms with van der Waals surface area (Å²) >= 11 is 4.66. The Bertz CT molecular complexity index is 790. The molecule has 0 aromatic carbocycles. The highest BCUT2D eigenvalue weighted by atomic mass is 79.9. The number of aromatic nitrogens is 2. The molecule has 2 aromatic rings. The molecule has 0 fully saturated rings. The van der Waals surface area contributed by atoms with E-state index in [0.717, 1.165) is 9.56 Å². The lowest BCUT2D eigenvalue weighted by atomic mass is 10.0. The highest BCUT2D eigenvalue weighted by molar-refractivity contribution is 9.10. The van der Waals surface area contributed by atoms with Crippen molar-refractivity contribution in [2.75, 3.05) is 5.32 Å². The summed E-state index contributed by atoms with van der Waals surface area (Å²) in [5.41, 5.74) is -0.0473. The number of fused-ring (bicyclic) bond motifs is 1. The Morgan fingerprint density at radius 3 is 2.88 bits per heavy atom. The normalized spacial score (nSPS) is 21.0. The third kappa shape index (κ3) is 3.62. The van der Waals surface area contributed by atoms with Crippen LogP contribution in [0, 0.1) is 0 Å². The van der Waals surface area contributed by atoms with Crippen LogP contribution in [-0.2, 0) is 0 Å². The van der Waals surface area contributed by atoms with E-state index < -0.39 is 24.2 Å². The highest BCUT2D eigenvalue weighted by Crippen LogP contribution is 2.46. The predicted octanol–water partition coefficient (Wildman–Crippen LogP) is 4.90. The van der Waals surface area contributed by atoms with E-state index in [1.807, 2.05) is 19.2 Å². The monoisotopic (exact) mass is 450 g/mol. The molecule has 0 saturated carbocycles. The fourth-order valence-electron chi connectivity index (χ4n) is 2.80. The van der Waals surface area contributed by atoms with Crippen LogP contribution in [0.25, 0.3) is 0 Å². The van der Waals surface area contributed by atoms with Crippen molar-refractivity contribution in [1.82, 2.24) is 15.1 Å². The number of thiophene rings is 1. The van der Waals surface area contributed by atoms with Gasteiger partial charge in [0.2, 0.25) is 0 Å². The average Bonchev–Trinajstić information content (AvgIpc) is 3.21. The van der Waals surface area contributed by atoms with Gasteiger partial charge in [0, 0.05) is 17.3 Å². The van der Waals surface area contributed by atoms with Crippen LogP contribution in [0.4, 0.5) is 19.0 Å². The first-order valence-electron chi connectivity index (χ1n) is 8.17. The van der Waals surface area contributed by atoms with Gasteiger partial charge in [0.1, 0.15) is 5.82 Å². The molecular formula is C16H18BrF3N4OS. The van der Waals surface area contributed by atoms with E-state index in [0.29, 0.717) is 6.42 Å². The number of halogens is 4. The second kappa shape index (κ2) is 7.22. The Labute approximate surface area is 161 Å². The smallest absolute Gasteiger partial charge is 0.362 e. The SMILES string of the molecule is CC[C@H](C)NC(=O)c1nn2c(c1Br)N[C@H](c1cccs1)C[C@@H]2C(F)(F)F. The topological polar surface area (TPSA) is 59.0 Å². The van der Waals surface area contributed by atoms with Crippen LogP contribution < -0.4 is 10.6 Å². The van der Waals surface area contributed by atoms with Crippen molar-refractivity contribution in [2.24, 2.45) is 0 Å². The molecule has 1 amide bonds. The quantitative estimate of drug-likeness (QED) is 0.696. The summed E-state index contributed by atoms with van der Waals surface area (Å²) in [5.74, 6) is -0.324. The number of carbonyl (C=O) groups is 1. The molecule has 0 saturated heterocycles. The maximum absolute atomic E-state index is 13.6. The number of alkyl halides is 3. The third-order valence-corrected chi connectivity index (χ3v) is 6.12. The van der Waals surface area contributed by atoms with Crippen LogP contribution in [0.3, 0.4) is 0 Å². The van der Waals surface area contributed by atoms with Crippen molar-refractivity contribution in [3.8, 4) is 0 Å². The van der Waals surface area contributed by atoms with E-state index in [-0.39, 0.29) is 28.4 Å². The number of anilines is 1. The van der Waals surface area contributed by atoms with Crippen LogP contribution in [0.2, 0.25) is 0 Å². The van der Waals surface area contributed by atoms with Gasteiger partial charge in [-0.1, -0.05) is 13.0 Å². The van der Waals surface area contributed by atoms with E-state index in [4.69, 9.17) is 0 Å².